The molecule has 3 nitrogen and oxygen atoms in total. The highest BCUT2D eigenvalue weighted by molar-refractivity contribution is 5.19. The summed E-state index contributed by atoms with van der Waals surface area (Å²) in [6, 6.07) is 15.1. The van der Waals surface area contributed by atoms with E-state index in [1.54, 1.807) is 0 Å². The Hall–Kier alpha value is -1.58. The highest BCUT2D eigenvalue weighted by Crippen LogP contribution is 2.16. The zero-order chi connectivity index (χ0) is 12.8. The van der Waals surface area contributed by atoms with Gasteiger partial charge in [0.15, 0.2) is 0 Å². The van der Waals surface area contributed by atoms with E-state index >= 15 is 0 Å². The van der Waals surface area contributed by atoms with Gasteiger partial charge in [0.25, 0.3) is 0 Å². The van der Waals surface area contributed by atoms with E-state index < -0.39 is 0 Å². The van der Waals surface area contributed by atoms with Crippen LogP contribution < -0.4 is 5.32 Å². The van der Waals surface area contributed by atoms with Crippen LogP contribution in [0.2, 0.25) is 0 Å². The molecule has 2 rings (SSSR count). The van der Waals surface area contributed by atoms with Crippen molar-refractivity contribution >= 4 is 0 Å². The molecule has 0 bridgehead atoms. The molecule has 0 aliphatic rings. The smallest absolute Gasteiger partial charge is 0.0466 e. The van der Waals surface area contributed by atoms with E-state index in [1.807, 2.05) is 12.3 Å². The second-order valence-electron chi connectivity index (χ2n) is 4.72. The maximum atomic E-state index is 3.49. The Labute approximate surface area is 109 Å². The molecule has 2 N–H and O–H groups in total. The van der Waals surface area contributed by atoms with Crippen molar-refractivity contribution in [1.82, 2.24) is 15.2 Å². The summed E-state index contributed by atoms with van der Waals surface area (Å²) < 4.78 is 0. The number of likely N-dealkylation sites (N-methyl/N-ethyl adjacent to an activating group) is 1. The zero-order valence-corrected chi connectivity index (χ0v) is 11.1. The number of benzene rings is 1. The summed E-state index contributed by atoms with van der Waals surface area (Å²) >= 11 is 0. The van der Waals surface area contributed by atoms with Gasteiger partial charge in [0, 0.05) is 31.0 Å². The van der Waals surface area contributed by atoms with Crippen molar-refractivity contribution in [3.8, 4) is 0 Å². The monoisotopic (exact) mass is 243 g/mol. The summed E-state index contributed by atoms with van der Waals surface area (Å²) in [7, 11) is 4.24. The van der Waals surface area contributed by atoms with Crippen molar-refractivity contribution in [2.45, 2.75) is 12.6 Å². The van der Waals surface area contributed by atoms with Crippen molar-refractivity contribution in [2.24, 2.45) is 0 Å². The number of hydrogen-bond donors (Lipinski definition) is 2. The first kappa shape index (κ1) is 12.9. The number of H-pyrrole nitrogens is 1. The minimum Gasteiger partial charge on any atom is -0.364 e. The second kappa shape index (κ2) is 6.38. The summed E-state index contributed by atoms with van der Waals surface area (Å²) in [6.07, 6.45) is 1.96. The third-order valence-electron chi connectivity index (χ3n) is 3.12. The Kier molecular flexibility index (Phi) is 4.56. The zero-order valence-electron chi connectivity index (χ0n) is 11.1. The van der Waals surface area contributed by atoms with E-state index in [0.29, 0.717) is 6.04 Å². The quantitative estimate of drug-likeness (QED) is 0.816. The van der Waals surface area contributed by atoms with Gasteiger partial charge in [-0.05, 0) is 31.8 Å². The Bertz CT molecular complexity index is 434. The summed E-state index contributed by atoms with van der Waals surface area (Å²) in [5, 5.41) is 3.49. The number of nitrogens with one attached hydrogen (secondary N) is 2. The molecule has 1 unspecified atom stereocenters. The summed E-state index contributed by atoms with van der Waals surface area (Å²) in [6.45, 7) is 1.82. The molecule has 18 heavy (non-hydrogen) atoms. The number of hydrogen-bond acceptors (Lipinski definition) is 2. The summed E-state index contributed by atoms with van der Waals surface area (Å²) in [5.41, 5.74) is 2.57. The fourth-order valence-corrected chi connectivity index (χ4v) is 2.09. The molecule has 0 amide bonds. The van der Waals surface area contributed by atoms with Crippen LogP contribution in [0, 0.1) is 0 Å². The second-order valence-corrected chi connectivity index (χ2v) is 4.72. The van der Waals surface area contributed by atoms with Crippen LogP contribution in [-0.2, 0) is 6.54 Å². The van der Waals surface area contributed by atoms with Crippen LogP contribution in [0.25, 0.3) is 0 Å². The first-order chi connectivity index (χ1) is 8.77. The van der Waals surface area contributed by atoms with E-state index in [9.17, 15) is 0 Å². The molecule has 0 aliphatic heterocycles. The van der Waals surface area contributed by atoms with Gasteiger partial charge >= 0.3 is 0 Å². The topological polar surface area (TPSA) is 31.1 Å². The Morgan fingerprint density at radius 3 is 2.50 bits per heavy atom. The van der Waals surface area contributed by atoms with Crippen molar-refractivity contribution in [3.63, 3.8) is 0 Å². The summed E-state index contributed by atoms with van der Waals surface area (Å²) in [5.74, 6) is 0. The maximum absolute atomic E-state index is 3.49. The molecule has 0 aliphatic carbocycles. The SMILES string of the molecule is CN(C)C(CNCc1ccc[nH]1)c1ccccc1. The molecule has 1 atom stereocenters. The Morgan fingerprint density at radius 1 is 1.11 bits per heavy atom. The normalized spacial score (nSPS) is 12.8. The van der Waals surface area contributed by atoms with Crippen molar-refractivity contribution in [1.29, 1.82) is 0 Å². The van der Waals surface area contributed by atoms with Crippen molar-refractivity contribution in [2.75, 3.05) is 20.6 Å². The van der Waals surface area contributed by atoms with E-state index in [1.165, 1.54) is 11.3 Å². The average Bonchev–Trinajstić information content (AvgIpc) is 2.88. The first-order valence-corrected chi connectivity index (χ1v) is 6.31. The molecule has 0 radical (unpaired) electrons. The number of aromatic amines is 1. The number of nitrogens with zero attached hydrogens (tertiary/aromatic N) is 1. The van der Waals surface area contributed by atoms with E-state index in [-0.39, 0.29) is 0 Å². The Morgan fingerprint density at radius 2 is 1.89 bits per heavy atom. The van der Waals surface area contributed by atoms with Gasteiger partial charge in [-0.15, -0.1) is 0 Å². The molecular weight excluding hydrogens is 222 g/mol. The van der Waals surface area contributed by atoms with Crippen molar-refractivity contribution in [3.05, 3.63) is 59.9 Å². The van der Waals surface area contributed by atoms with Gasteiger partial charge in [-0.3, -0.25) is 0 Å². The third-order valence-corrected chi connectivity index (χ3v) is 3.12. The van der Waals surface area contributed by atoms with E-state index in [4.69, 9.17) is 0 Å². The molecule has 3 heteroatoms. The van der Waals surface area contributed by atoms with Gasteiger partial charge in [-0.25, -0.2) is 0 Å². The van der Waals surface area contributed by atoms with Gasteiger partial charge in [0.05, 0.1) is 0 Å². The minimum absolute atomic E-state index is 0.404. The fourth-order valence-electron chi connectivity index (χ4n) is 2.09. The van der Waals surface area contributed by atoms with Crippen LogP contribution in [-0.4, -0.2) is 30.5 Å². The van der Waals surface area contributed by atoms with Crippen LogP contribution >= 0.6 is 0 Å². The molecule has 0 saturated heterocycles. The van der Waals surface area contributed by atoms with Gasteiger partial charge in [0.1, 0.15) is 0 Å². The van der Waals surface area contributed by atoms with E-state index in [0.717, 1.165) is 13.1 Å². The highest BCUT2D eigenvalue weighted by atomic mass is 15.1. The largest absolute Gasteiger partial charge is 0.364 e. The maximum Gasteiger partial charge on any atom is 0.0466 e. The lowest BCUT2D eigenvalue weighted by Gasteiger charge is -2.25. The van der Waals surface area contributed by atoms with Gasteiger partial charge < -0.3 is 15.2 Å². The molecular formula is C15H21N3. The third kappa shape index (κ3) is 3.45. The molecule has 1 heterocycles. The Balaban J connectivity index is 1.91. The first-order valence-electron chi connectivity index (χ1n) is 6.31. The van der Waals surface area contributed by atoms with Crippen LogP contribution in [0.5, 0.6) is 0 Å². The number of rotatable bonds is 6. The molecule has 2 aromatic rings. The van der Waals surface area contributed by atoms with Crippen LogP contribution in [0.1, 0.15) is 17.3 Å². The predicted molar refractivity (Wildman–Crippen MR) is 75.4 cm³/mol. The molecule has 96 valence electrons. The van der Waals surface area contributed by atoms with Crippen molar-refractivity contribution < 1.29 is 0 Å². The van der Waals surface area contributed by atoms with Gasteiger partial charge in [-0.1, -0.05) is 30.3 Å². The standard InChI is InChI=1S/C15H21N3/c1-18(2)15(13-7-4-3-5-8-13)12-16-11-14-9-6-10-17-14/h3-10,15-17H,11-12H2,1-2H3. The van der Waals surface area contributed by atoms with Gasteiger partial charge in [0.2, 0.25) is 0 Å². The predicted octanol–water partition coefficient (Wildman–Crippen LogP) is 2.41. The van der Waals surface area contributed by atoms with E-state index in [2.05, 4.69) is 65.7 Å². The van der Waals surface area contributed by atoms with Crippen LogP contribution in [0.3, 0.4) is 0 Å². The molecule has 1 aromatic heterocycles. The highest BCUT2D eigenvalue weighted by Gasteiger charge is 2.12. The van der Waals surface area contributed by atoms with Crippen LogP contribution in [0.4, 0.5) is 0 Å². The van der Waals surface area contributed by atoms with Crippen LogP contribution in [0.15, 0.2) is 48.7 Å². The number of aromatic nitrogens is 1. The average molecular weight is 243 g/mol. The molecule has 1 aromatic carbocycles. The lowest BCUT2D eigenvalue weighted by molar-refractivity contribution is 0.288. The van der Waals surface area contributed by atoms with Gasteiger partial charge in [-0.2, -0.15) is 0 Å². The minimum atomic E-state index is 0.404. The summed E-state index contributed by atoms with van der Waals surface area (Å²) in [4.78, 5) is 5.45. The molecule has 0 saturated carbocycles. The lowest BCUT2D eigenvalue weighted by atomic mass is 10.1. The molecule has 0 fully saturated rings. The molecule has 0 spiro atoms. The lowest BCUT2D eigenvalue weighted by Crippen LogP contribution is -2.30. The fraction of sp³-hybridized carbons (Fsp3) is 0.333.